The summed E-state index contributed by atoms with van der Waals surface area (Å²) in [6, 6.07) is 7.67. The van der Waals surface area contributed by atoms with Crippen molar-refractivity contribution in [1.82, 2.24) is 5.32 Å². The Kier molecular flexibility index (Phi) is 5.46. The van der Waals surface area contributed by atoms with Crippen molar-refractivity contribution in [1.29, 1.82) is 5.26 Å². The third-order valence-electron chi connectivity index (χ3n) is 3.48. The van der Waals surface area contributed by atoms with Crippen LogP contribution in [0.2, 0.25) is 0 Å². The lowest BCUT2D eigenvalue weighted by molar-refractivity contribution is -0.384. The van der Waals surface area contributed by atoms with Crippen molar-refractivity contribution < 1.29 is 14.5 Å². The standard InChI is InChI=1S/C15H19N3O4/c1-10(2)15(4,9-16)17-14(19)11(3)22-13-7-5-6-12(8-13)18(20)21/h5-8,10-11H,1-4H3,(H,17,19)/t11-,15-/m0/s1. The number of hydrogen-bond donors (Lipinski definition) is 1. The Hall–Kier alpha value is -2.62. The van der Waals surface area contributed by atoms with Gasteiger partial charge in [-0.05, 0) is 25.8 Å². The Morgan fingerprint density at radius 1 is 1.45 bits per heavy atom. The van der Waals surface area contributed by atoms with Gasteiger partial charge in [0.15, 0.2) is 6.10 Å². The van der Waals surface area contributed by atoms with Crippen LogP contribution in [0.3, 0.4) is 0 Å². The molecule has 1 N–H and O–H groups in total. The summed E-state index contributed by atoms with van der Waals surface area (Å²) < 4.78 is 5.41. The van der Waals surface area contributed by atoms with E-state index in [0.29, 0.717) is 0 Å². The third kappa shape index (κ3) is 4.19. The largest absolute Gasteiger partial charge is 0.481 e. The molecule has 1 aromatic rings. The quantitative estimate of drug-likeness (QED) is 0.641. The first-order chi connectivity index (χ1) is 10.2. The number of ether oxygens (including phenoxy) is 1. The molecular weight excluding hydrogens is 286 g/mol. The minimum Gasteiger partial charge on any atom is -0.481 e. The summed E-state index contributed by atoms with van der Waals surface area (Å²) in [5, 5.41) is 22.5. The summed E-state index contributed by atoms with van der Waals surface area (Å²) in [6.07, 6.45) is -0.881. The summed E-state index contributed by atoms with van der Waals surface area (Å²) in [6.45, 7) is 6.81. The SMILES string of the molecule is CC(C)[C@](C)(C#N)NC(=O)[C@H](C)Oc1cccc([N+](=O)[O-])c1. The highest BCUT2D eigenvalue weighted by Crippen LogP contribution is 2.21. The Bertz CT molecular complexity index is 609. The number of carbonyl (C=O) groups is 1. The van der Waals surface area contributed by atoms with Gasteiger partial charge in [-0.15, -0.1) is 0 Å². The lowest BCUT2D eigenvalue weighted by atomic mass is 9.90. The molecule has 0 saturated carbocycles. The van der Waals surface area contributed by atoms with Crippen LogP contribution in [0.25, 0.3) is 0 Å². The predicted octanol–water partition coefficient (Wildman–Crippen LogP) is 2.42. The van der Waals surface area contributed by atoms with Crippen LogP contribution in [0, 0.1) is 27.4 Å². The van der Waals surface area contributed by atoms with Gasteiger partial charge in [0, 0.05) is 6.07 Å². The van der Waals surface area contributed by atoms with Crippen LogP contribution in [-0.4, -0.2) is 22.5 Å². The monoisotopic (exact) mass is 305 g/mol. The van der Waals surface area contributed by atoms with Crippen LogP contribution in [0.1, 0.15) is 27.7 Å². The van der Waals surface area contributed by atoms with E-state index in [0.717, 1.165) is 0 Å². The summed E-state index contributed by atoms with van der Waals surface area (Å²) >= 11 is 0. The van der Waals surface area contributed by atoms with Crippen LogP contribution < -0.4 is 10.1 Å². The van der Waals surface area contributed by atoms with Crippen LogP contribution in [0.15, 0.2) is 24.3 Å². The van der Waals surface area contributed by atoms with Crippen LogP contribution >= 0.6 is 0 Å². The summed E-state index contributed by atoms with van der Waals surface area (Å²) in [7, 11) is 0. The molecule has 0 aromatic heterocycles. The van der Waals surface area contributed by atoms with E-state index in [1.807, 2.05) is 13.8 Å². The molecule has 0 radical (unpaired) electrons. The number of non-ortho nitro benzene ring substituents is 1. The Morgan fingerprint density at radius 2 is 2.09 bits per heavy atom. The molecule has 1 amide bonds. The second kappa shape index (κ2) is 6.89. The second-order valence-electron chi connectivity index (χ2n) is 5.47. The van der Waals surface area contributed by atoms with E-state index in [1.54, 1.807) is 6.92 Å². The van der Waals surface area contributed by atoms with Gasteiger partial charge in [0.05, 0.1) is 17.1 Å². The minimum absolute atomic E-state index is 0.0773. The number of nitrogens with one attached hydrogen (secondary N) is 1. The molecule has 0 unspecified atom stereocenters. The van der Waals surface area contributed by atoms with Gasteiger partial charge in [0.1, 0.15) is 11.3 Å². The lowest BCUT2D eigenvalue weighted by Crippen LogP contribution is -2.52. The maximum Gasteiger partial charge on any atom is 0.273 e. The molecule has 2 atom stereocenters. The number of nitrogens with zero attached hydrogens (tertiary/aromatic N) is 2. The topological polar surface area (TPSA) is 105 Å². The zero-order valence-electron chi connectivity index (χ0n) is 13.0. The Labute approximate surface area is 129 Å². The smallest absolute Gasteiger partial charge is 0.273 e. The van der Waals surface area contributed by atoms with Gasteiger partial charge in [0.25, 0.3) is 11.6 Å². The maximum atomic E-state index is 12.1. The van der Waals surface area contributed by atoms with Crippen molar-refractivity contribution >= 4 is 11.6 Å². The number of benzene rings is 1. The molecule has 1 aromatic carbocycles. The molecule has 7 nitrogen and oxygen atoms in total. The minimum atomic E-state index is -1.00. The molecular formula is C15H19N3O4. The van der Waals surface area contributed by atoms with Gasteiger partial charge in [-0.25, -0.2) is 0 Å². The van der Waals surface area contributed by atoms with Crippen molar-refractivity contribution in [2.45, 2.75) is 39.3 Å². The molecule has 1 rings (SSSR count). The lowest BCUT2D eigenvalue weighted by Gasteiger charge is -2.28. The molecule has 0 aliphatic carbocycles. The van der Waals surface area contributed by atoms with E-state index >= 15 is 0 Å². The van der Waals surface area contributed by atoms with E-state index in [4.69, 9.17) is 4.74 Å². The molecule has 0 spiro atoms. The number of amides is 1. The third-order valence-corrected chi connectivity index (χ3v) is 3.48. The molecule has 118 valence electrons. The molecule has 0 aliphatic rings. The summed E-state index contributed by atoms with van der Waals surface area (Å²) in [5.41, 5.74) is -1.12. The summed E-state index contributed by atoms with van der Waals surface area (Å²) in [4.78, 5) is 22.3. The van der Waals surface area contributed by atoms with Gasteiger partial charge in [0.2, 0.25) is 0 Å². The molecule has 0 fully saturated rings. The number of carbonyl (C=O) groups excluding carboxylic acids is 1. The van der Waals surface area contributed by atoms with Crippen molar-refractivity contribution in [2.75, 3.05) is 0 Å². The average molecular weight is 305 g/mol. The van der Waals surface area contributed by atoms with E-state index in [9.17, 15) is 20.2 Å². The van der Waals surface area contributed by atoms with Gasteiger partial charge in [-0.1, -0.05) is 19.9 Å². The number of nitriles is 1. The highest BCUT2D eigenvalue weighted by atomic mass is 16.6. The van der Waals surface area contributed by atoms with Crippen LogP contribution in [-0.2, 0) is 4.79 Å². The number of nitro groups is 1. The first kappa shape index (κ1) is 17.4. The van der Waals surface area contributed by atoms with Crippen molar-refractivity contribution in [3.8, 4) is 11.8 Å². The van der Waals surface area contributed by atoms with Crippen LogP contribution in [0.5, 0.6) is 5.75 Å². The van der Waals surface area contributed by atoms with Crippen molar-refractivity contribution in [3.63, 3.8) is 0 Å². The van der Waals surface area contributed by atoms with Crippen molar-refractivity contribution in [3.05, 3.63) is 34.4 Å². The Morgan fingerprint density at radius 3 is 2.59 bits per heavy atom. The van der Waals surface area contributed by atoms with Gasteiger partial charge in [-0.2, -0.15) is 5.26 Å². The average Bonchev–Trinajstić information content (AvgIpc) is 2.46. The van der Waals surface area contributed by atoms with Gasteiger partial charge in [-0.3, -0.25) is 14.9 Å². The fourth-order valence-electron chi connectivity index (χ4n) is 1.59. The van der Waals surface area contributed by atoms with E-state index < -0.39 is 22.5 Å². The second-order valence-corrected chi connectivity index (χ2v) is 5.47. The van der Waals surface area contributed by atoms with Crippen molar-refractivity contribution in [2.24, 2.45) is 5.92 Å². The van der Waals surface area contributed by atoms with E-state index in [-0.39, 0.29) is 17.4 Å². The number of hydrogen-bond acceptors (Lipinski definition) is 5. The molecule has 7 heteroatoms. The fourth-order valence-corrected chi connectivity index (χ4v) is 1.59. The molecule has 22 heavy (non-hydrogen) atoms. The van der Waals surface area contributed by atoms with E-state index in [2.05, 4.69) is 11.4 Å². The predicted molar refractivity (Wildman–Crippen MR) is 80.2 cm³/mol. The molecule has 0 aliphatic heterocycles. The van der Waals surface area contributed by atoms with Gasteiger partial charge < -0.3 is 10.1 Å². The maximum absolute atomic E-state index is 12.1. The van der Waals surface area contributed by atoms with E-state index in [1.165, 1.54) is 31.2 Å². The fraction of sp³-hybridized carbons (Fsp3) is 0.467. The molecule has 0 saturated heterocycles. The zero-order valence-corrected chi connectivity index (χ0v) is 13.0. The van der Waals surface area contributed by atoms with Gasteiger partial charge >= 0.3 is 0 Å². The highest BCUT2D eigenvalue weighted by molar-refractivity contribution is 5.81. The number of nitro benzene ring substituents is 1. The summed E-state index contributed by atoms with van der Waals surface area (Å²) in [5.74, 6) is -0.309. The number of rotatable bonds is 6. The zero-order chi connectivity index (χ0) is 16.9. The highest BCUT2D eigenvalue weighted by Gasteiger charge is 2.32. The normalized spacial score (nSPS) is 14.5. The molecule has 0 bridgehead atoms. The first-order valence-electron chi connectivity index (χ1n) is 6.84. The molecule has 0 heterocycles. The Balaban J connectivity index is 2.79. The first-order valence-corrected chi connectivity index (χ1v) is 6.84. The van der Waals surface area contributed by atoms with Crippen LogP contribution in [0.4, 0.5) is 5.69 Å².